The summed E-state index contributed by atoms with van der Waals surface area (Å²) in [6.45, 7) is 2.16. The Morgan fingerprint density at radius 1 is 1.23 bits per heavy atom. The molecular formula is C17H18BrNO2S. The van der Waals surface area contributed by atoms with Crippen LogP contribution in [-0.2, 0) is 10.2 Å². The van der Waals surface area contributed by atoms with Crippen LogP contribution in [0.1, 0.15) is 28.1 Å². The van der Waals surface area contributed by atoms with Crippen molar-refractivity contribution >= 4 is 33.2 Å². The van der Waals surface area contributed by atoms with Gasteiger partial charge in [-0.25, -0.2) is 0 Å². The van der Waals surface area contributed by atoms with Gasteiger partial charge >= 0.3 is 0 Å². The summed E-state index contributed by atoms with van der Waals surface area (Å²) in [6.07, 6.45) is 1.90. The monoisotopic (exact) mass is 379 g/mol. The Kier molecular flexibility index (Phi) is 4.96. The van der Waals surface area contributed by atoms with Crippen molar-refractivity contribution in [1.29, 1.82) is 0 Å². The second kappa shape index (κ2) is 6.94. The van der Waals surface area contributed by atoms with Crippen LogP contribution in [0.25, 0.3) is 0 Å². The summed E-state index contributed by atoms with van der Waals surface area (Å²) >= 11 is 5.20. The van der Waals surface area contributed by atoms with E-state index in [0.29, 0.717) is 12.1 Å². The van der Waals surface area contributed by atoms with E-state index < -0.39 is 0 Å². The molecule has 1 aliphatic rings. The minimum absolute atomic E-state index is 0.00331. The number of ether oxygens (including phenoxy) is 1. The number of hydrogen-bond acceptors (Lipinski definition) is 3. The van der Waals surface area contributed by atoms with Gasteiger partial charge in [0.05, 0.1) is 5.56 Å². The van der Waals surface area contributed by atoms with E-state index in [-0.39, 0.29) is 11.3 Å². The lowest BCUT2D eigenvalue weighted by atomic mass is 9.78. The highest BCUT2D eigenvalue weighted by atomic mass is 79.9. The van der Waals surface area contributed by atoms with Crippen LogP contribution in [0, 0.1) is 0 Å². The fourth-order valence-corrected chi connectivity index (χ4v) is 4.29. The smallest absolute Gasteiger partial charge is 0.252 e. The van der Waals surface area contributed by atoms with Gasteiger partial charge in [0.25, 0.3) is 5.91 Å². The van der Waals surface area contributed by atoms with Gasteiger partial charge in [-0.1, -0.05) is 18.2 Å². The zero-order chi connectivity index (χ0) is 15.4. The molecule has 0 aliphatic carbocycles. The third-order valence-corrected chi connectivity index (χ3v) is 6.01. The molecule has 1 saturated heterocycles. The molecule has 1 fully saturated rings. The highest BCUT2D eigenvalue weighted by Gasteiger charge is 2.35. The molecule has 1 amide bonds. The van der Waals surface area contributed by atoms with E-state index in [1.165, 1.54) is 4.88 Å². The van der Waals surface area contributed by atoms with Crippen LogP contribution < -0.4 is 5.32 Å². The molecule has 0 saturated carbocycles. The molecule has 22 heavy (non-hydrogen) atoms. The Balaban J connectivity index is 1.75. The molecule has 2 heterocycles. The third kappa shape index (κ3) is 3.26. The summed E-state index contributed by atoms with van der Waals surface area (Å²) in [5.41, 5.74) is 0.680. The molecule has 1 aliphatic heterocycles. The predicted molar refractivity (Wildman–Crippen MR) is 92.5 cm³/mol. The van der Waals surface area contributed by atoms with Gasteiger partial charge in [-0.15, -0.1) is 11.3 Å². The fourth-order valence-electron chi connectivity index (χ4n) is 2.84. The molecule has 116 valence electrons. The van der Waals surface area contributed by atoms with Crippen molar-refractivity contribution in [3.63, 3.8) is 0 Å². The second-order valence-corrected chi connectivity index (χ2v) is 7.33. The topological polar surface area (TPSA) is 38.3 Å². The Morgan fingerprint density at radius 2 is 2.00 bits per heavy atom. The normalized spacial score (nSPS) is 17.1. The van der Waals surface area contributed by atoms with Gasteiger partial charge < -0.3 is 10.1 Å². The van der Waals surface area contributed by atoms with Crippen LogP contribution in [0.5, 0.6) is 0 Å². The average Bonchev–Trinajstić information content (AvgIpc) is 3.09. The molecule has 0 atom stereocenters. The number of nitrogens with one attached hydrogen (secondary N) is 1. The first kappa shape index (κ1) is 15.7. The van der Waals surface area contributed by atoms with E-state index in [4.69, 9.17) is 4.74 Å². The largest absolute Gasteiger partial charge is 0.381 e. The number of amides is 1. The molecule has 5 heteroatoms. The number of thiophene rings is 1. The second-order valence-electron chi connectivity index (χ2n) is 5.53. The molecule has 3 nitrogen and oxygen atoms in total. The SMILES string of the molecule is O=C(NCC1(c2cccs2)CCOCC1)c1ccccc1Br. The van der Waals surface area contributed by atoms with E-state index in [1.54, 1.807) is 11.3 Å². The summed E-state index contributed by atoms with van der Waals surface area (Å²) in [7, 11) is 0. The maximum Gasteiger partial charge on any atom is 0.252 e. The molecule has 1 aromatic carbocycles. The van der Waals surface area contributed by atoms with Gasteiger partial charge in [0.1, 0.15) is 0 Å². The number of carbonyl (C=O) groups excluding carboxylic acids is 1. The first-order valence-electron chi connectivity index (χ1n) is 7.36. The van der Waals surface area contributed by atoms with Crippen LogP contribution in [0.2, 0.25) is 0 Å². The first-order chi connectivity index (χ1) is 10.7. The Labute approximate surface area is 142 Å². The van der Waals surface area contributed by atoms with Crippen LogP contribution in [0.15, 0.2) is 46.3 Å². The number of hydrogen-bond donors (Lipinski definition) is 1. The lowest BCUT2D eigenvalue weighted by molar-refractivity contribution is 0.0499. The third-order valence-electron chi connectivity index (χ3n) is 4.20. The molecule has 0 spiro atoms. The highest BCUT2D eigenvalue weighted by Crippen LogP contribution is 2.37. The molecule has 0 radical (unpaired) electrons. The molecule has 2 aromatic rings. The molecule has 0 bridgehead atoms. The first-order valence-corrected chi connectivity index (χ1v) is 9.03. The number of halogens is 1. The predicted octanol–water partition coefficient (Wildman–Crippen LogP) is 3.99. The van der Waals surface area contributed by atoms with E-state index in [2.05, 4.69) is 38.8 Å². The van der Waals surface area contributed by atoms with Crippen molar-refractivity contribution < 1.29 is 9.53 Å². The number of rotatable bonds is 4. The fraction of sp³-hybridized carbons (Fsp3) is 0.353. The van der Waals surface area contributed by atoms with Crippen molar-refractivity contribution in [2.24, 2.45) is 0 Å². The lowest BCUT2D eigenvalue weighted by Gasteiger charge is -2.36. The van der Waals surface area contributed by atoms with E-state index in [0.717, 1.165) is 30.5 Å². The maximum atomic E-state index is 12.5. The zero-order valence-corrected chi connectivity index (χ0v) is 14.6. The van der Waals surface area contributed by atoms with Gasteiger partial charge in [0.15, 0.2) is 0 Å². The lowest BCUT2D eigenvalue weighted by Crippen LogP contribution is -2.44. The van der Waals surface area contributed by atoms with Crippen molar-refractivity contribution in [1.82, 2.24) is 5.32 Å². The van der Waals surface area contributed by atoms with E-state index >= 15 is 0 Å². The minimum atomic E-state index is -0.0325. The van der Waals surface area contributed by atoms with Crippen LogP contribution in [-0.4, -0.2) is 25.7 Å². The van der Waals surface area contributed by atoms with Crippen molar-refractivity contribution in [3.05, 3.63) is 56.7 Å². The Bertz CT molecular complexity index is 636. The quantitative estimate of drug-likeness (QED) is 0.871. The summed E-state index contributed by atoms with van der Waals surface area (Å²) in [4.78, 5) is 13.8. The summed E-state index contributed by atoms with van der Waals surface area (Å²) in [5.74, 6) is -0.0325. The van der Waals surface area contributed by atoms with Gasteiger partial charge in [0, 0.05) is 34.5 Å². The van der Waals surface area contributed by atoms with Crippen molar-refractivity contribution in [2.75, 3.05) is 19.8 Å². The number of benzene rings is 1. The summed E-state index contributed by atoms with van der Waals surface area (Å²) in [6, 6.07) is 11.8. The summed E-state index contributed by atoms with van der Waals surface area (Å²) in [5, 5.41) is 5.22. The van der Waals surface area contributed by atoms with Gasteiger partial charge in [-0.05, 0) is 52.4 Å². The van der Waals surface area contributed by atoms with Gasteiger partial charge in [-0.2, -0.15) is 0 Å². The zero-order valence-electron chi connectivity index (χ0n) is 12.2. The van der Waals surface area contributed by atoms with Crippen molar-refractivity contribution in [3.8, 4) is 0 Å². The molecule has 1 N–H and O–H groups in total. The highest BCUT2D eigenvalue weighted by molar-refractivity contribution is 9.10. The Morgan fingerprint density at radius 3 is 2.68 bits per heavy atom. The van der Waals surface area contributed by atoms with Crippen LogP contribution in [0.3, 0.4) is 0 Å². The summed E-state index contributed by atoms with van der Waals surface area (Å²) < 4.78 is 6.34. The van der Waals surface area contributed by atoms with Crippen LogP contribution in [0.4, 0.5) is 0 Å². The standard InChI is InChI=1S/C17H18BrNO2S/c18-14-5-2-1-4-13(14)16(20)19-12-17(7-9-21-10-8-17)15-6-3-11-22-15/h1-6,11H,7-10,12H2,(H,19,20). The average molecular weight is 380 g/mol. The molecule has 0 unspecified atom stereocenters. The van der Waals surface area contributed by atoms with E-state index in [9.17, 15) is 4.79 Å². The molecular weight excluding hydrogens is 362 g/mol. The molecule has 1 aromatic heterocycles. The Hall–Kier alpha value is -1.17. The van der Waals surface area contributed by atoms with E-state index in [1.807, 2.05) is 24.3 Å². The van der Waals surface area contributed by atoms with Gasteiger partial charge in [-0.3, -0.25) is 4.79 Å². The minimum Gasteiger partial charge on any atom is -0.381 e. The molecule has 3 rings (SSSR count). The number of carbonyl (C=O) groups is 1. The van der Waals surface area contributed by atoms with Crippen molar-refractivity contribution in [2.45, 2.75) is 18.3 Å². The maximum absolute atomic E-state index is 12.5. The van der Waals surface area contributed by atoms with Gasteiger partial charge in [0.2, 0.25) is 0 Å². The van der Waals surface area contributed by atoms with Crippen LogP contribution >= 0.6 is 27.3 Å².